The summed E-state index contributed by atoms with van der Waals surface area (Å²) in [5, 5.41) is 8.76. The minimum Gasteiger partial charge on any atom is -0.493 e. The number of carbonyl (C=O) groups is 1. The fourth-order valence-electron chi connectivity index (χ4n) is 2.32. The summed E-state index contributed by atoms with van der Waals surface area (Å²) < 4.78 is 52.1. The minimum atomic E-state index is -4.26. The van der Waals surface area contributed by atoms with E-state index < -0.39 is 21.8 Å². The van der Waals surface area contributed by atoms with E-state index in [9.17, 15) is 17.6 Å². The molecule has 2 aromatic rings. The zero-order chi connectivity index (χ0) is 20.2. The normalized spacial score (nSPS) is 11.4. The molecule has 0 aliphatic rings. The summed E-state index contributed by atoms with van der Waals surface area (Å²) >= 11 is 0. The maximum absolute atomic E-state index is 14.1. The number of anilines is 1. The molecular formula is C18H18FNO6S. The number of aryl methyl sites for hydroxylation is 1. The van der Waals surface area contributed by atoms with Gasteiger partial charge in [-0.2, -0.15) is 0 Å². The molecule has 0 saturated heterocycles. The van der Waals surface area contributed by atoms with Crippen molar-refractivity contribution in [1.82, 2.24) is 0 Å². The first-order valence-electron chi connectivity index (χ1n) is 7.64. The lowest BCUT2D eigenvalue weighted by molar-refractivity contribution is -0.131. The van der Waals surface area contributed by atoms with Crippen molar-refractivity contribution in [2.24, 2.45) is 0 Å². The van der Waals surface area contributed by atoms with E-state index in [1.165, 1.54) is 44.6 Å². The summed E-state index contributed by atoms with van der Waals surface area (Å²) in [5.74, 6) is -1.94. The third-order valence-corrected chi connectivity index (χ3v) is 4.91. The van der Waals surface area contributed by atoms with Crippen LogP contribution in [0.4, 0.5) is 10.1 Å². The molecule has 27 heavy (non-hydrogen) atoms. The Labute approximate surface area is 156 Å². The SMILES string of the molecule is COc1cc(/C=C/C(=O)O)cc(S(=O)(=O)Nc2ccc(C)cc2F)c1OC. The van der Waals surface area contributed by atoms with E-state index >= 15 is 0 Å². The molecule has 9 heteroatoms. The average molecular weight is 395 g/mol. The number of hydrogen-bond acceptors (Lipinski definition) is 5. The number of methoxy groups -OCH3 is 2. The van der Waals surface area contributed by atoms with E-state index in [1.807, 2.05) is 0 Å². The van der Waals surface area contributed by atoms with Gasteiger partial charge in [-0.25, -0.2) is 17.6 Å². The van der Waals surface area contributed by atoms with Gasteiger partial charge in [-0.05, 0) is 48.4 Å². The van der Waals surface area contributed by atoms with Gasteiger partial charge in [0.25, 0.3) is 10.0 Å². The first kappa shape index (κ1) is 20.2. The number of ether oxygens (including phenoxy) is 2. The molecule has 0 radical (unpaired) electrons. The van der Waals surface area contributed by atoms with Crippen LogP contribution in [0.5, 0.6) is 11.5 Å². The third-order valence-electron chi connectivity index (χ3n) is 3.54. The standard InChI is InChI=1S/C18H18FNO6S/c1-11-4-6-14(13(19)8-11)20-27(23,24)16-10-12(5-7-17(21)22)9-15(25-2)18(16)26-3/h4-10,20H,1-3H3,(H,21,22)/b7-5+. The number of nitrogens with one attached hydrogen (secondary N) is 1. The van der Waals surface area contributed by atoms with E-state index in [0.29, 0.717) is 5.56 Å². The second kappa shape index (κ2) is 8.09. The van der Waals surface area contributed by atoms with Crippen LogP contribution in [-0.2, 0) is 14.8 Å². The van der Waals surface area contributed by atoms with Crippen LogP contribution in [-0.4, -0.2) is 33.7 Å². The molecule has 2 N–H and O–H groups in total. The van der Waals surface area contributed by atoms with Crippen LogP contribution in [0.2, 0.25) is 0 Å². The quantitative estimate of drug-likeness (QED) is 0.699. The van der Waals surface area contributed by atoms with Crippen molar-refractivity contribution in [3.05, 3.63) is 53.4 Å². The van der Waals surface area contributed by atoms with Crippen LogP contribution in [0.1, 0.15) is 11.1 Å². The van der Waals surface area contributed by atoms with Crippen LogP contribution in [0, 0.1) is 12.7 Å². The first-order valence-corrected chi connectivity index (χ1v) is 9.12. The lowest BCUT2D eigenvalue weighted by Gasteiger charge is -2.16. The number of benzene rings is 2. The molecule has 0 amide bonds. The van der Waals surface area contributed by atoms with Gasteiger partial charge in [-0.1, -0.05) is 6.07 Å². The average Bonchev–Trinajstić information content (AvgIpc) is 2.61. The van der Waals surface area contributed by atoms with Gasteiger partial charge in [0, 0.05) is 6.08 Å². The van der Waals surface area contributed by atoms with Crippen molar-refractivity contribution in [1.29, 1.82) is 0 Å². The molecule has 144 valence electrons. The molecule has 0 heterocycles. The molecule has 0 unspecified atom stereocenters. The molecular weight excluding hydrogens is 377 g/mol. The second-order valence-electron chi connectivity index (χ2n) is 5.51. The molecule has 2 rings (SSSR count). The maximum Gasteiger partial charge on any atom is 0.328 e. The summed E-state index contributed by atoms with van der Waals surface area (Å²) in [6, 6.07) is 6.69. The number of sulfonamides is 1. The van der Waals surface area contributed by atoms with Gasteiger partial charge in [0.2, 0.25) is 0 Å². The predicted molar refractivity (Wildman–Crippen MR) is 98.2 cm³/mol. The minimum absolute atomic E-state index is 0.0785. The third kappa shape index (κ3) is 4.76. The van der Waals surface area contributed by atoms with E-state index in [-0.39, 0.29) is 27.6 Å². The summed E-state index contributed by atoms with van der Waals surface area (Å²) in [7, 11) is -1.69. The van der Waals surface area contributed by atoms with Gasteiger partial charge in [-0.15, -0.1) is 0 Å². The highest BCUT2D eigenvalue weighted by molar-refractivity contribution is 7.92. The van der Waals surface area contributed by atoms with Crippen molar-refractivity contribution < 1.29 is 32.2 Å². The fourth-order valence-corrected chi connectivity index (χ4v) is 3.60. The molecule has 0 spiro atoms. The molecule has 0 saturated carbocycles. The van der Waals surface area contributed by atoms with Crippen molar-refractivity contribution in [2.75, 3.05) is 18.9 Å². The summed E-state index contributed by atoms with van der Waals surface area (Å²) in [6.45, 7) is 1.67. The van der Waals surface area contributed by atoms with Gasteiger partial charge in [0.05, 0.1) is 19.9 Å². The molecule has 2 aromatic carbocycles. The molecule has 0 aliphatic carbocycles. The van der Waals surface area contributed by atoms with Gasteiger partial charge >= 0.3 is 5.97 Å². The van der Waals surface area contributed by atoms with Gasteiger partial charge in [-0.3, -0.25) is 4.72 Å². The highest BCUT2D eigenvalue weighted by Gasteiger charge is 2.25. The van der Waals surface area contributed by atoms with Crippen LogP contribution in [0.15, 0.2) is 41.3 Å². The van der Waals surface area contributed by atoms with Gasteiger partial charge in [0.15, 0.2) is 11.5 Å². The van der Waals surface area contributed by atoms with Crippen molar-refractivity contribution in [3.63, 3.8) is 0 Å². The van der Waals surface area contributed by atoms with Crippen LogP contribution < -0.4 is 14.2 Å². The van der Waals surface area contributed by atoms with Crippen molar-refractivity contribution >= 4 is 27.8 Å². The Morgan fingerprint density at radius 2 is 1.89 bits per heavy atom. The van der Waals surface area contributed by atoms with E-state index in [0.717, 1.165) is 6.08 Å². The first-order chi connectivity index (χ1) is 12.7. The fraction of sp³-hybridized carbons (Fsp3) is 0.167. The number of aliphatic carboxylic acids is 1. The topological polar surface area (TPSA) is 102 Å². The smallest absolute Gasteiger partial charge is 0.328 e. The number of carboxylic acid groups (broad SMARTS) is 1. The van der Waals surface area contributed by atoms with Crippen molar-refractivity contribution in [2.45, 2.75) is 11.8 Å². The predicted octanol–water partition coefficient (Wildman–Crippen LogP) is 3.05. The Bertz CT molecular complexity index is 1000. The van der Waals surface area contributed by atoms with Crippen LogP contribution in [0.3, 0.4) is 0 Å². The van der Waals surface area contributed by atoms with E-state index in [4.69, 9.17) is 14.6 Å². The van der Waals surface area contributed by atoms with Crippen LogP contribution >= 0.6 is 0 Å². The number of carboxylic acids is 1. The zero-order valence-corrected chi connectivity index (χ0v) is 15.6. The summed E-state index contributed by atoms with van der Waals surface area (Å²) in [5.41, 5.74) is 0.656. The molecule has 0 bridgehead atoms. The number of halogens is 1. The number of rotatable bonds is 7. The highest BCUT2D eigenvalue weighted by atomic mass is 32.2. The lowest BCUT2D eigenvalue weighted by atomic mass is 10.2. The molecule has 0 fully saturated rings. The Morgan fingerprint density at radius 1 is 1.19 bits per heavy atom. The Hall–Kier alpha value is -3.07. The number of hydrogen-bond donors (Lipinski definition) is 2. The highest BCUT2D eigenvalue weighted by Crippen LogP contribution is 2.37. The zero-order valence-electron chi connectivity index (χ0n) is 14.8. The van der Waals surface area contributed by atoms with Crippen molar-refractivity contribution in [3.8, 4) is 11.5 Å². The van der Waals surface area contributed by atoms with E-state index in [2.05, 4.69) is 4.72 Å². The Morgan fingerprint density at radius 3 is 2.44 bits per heavy atom. The monoisotopic (exact) mass is 395 g/mol. The maximum atomic E-state index is 14.1. The molecule has 0 atom stereocenters. The summed E-state index contributed by atoms with van der Waals surface area (Å²) in [6.07, 6.45) is 2.06. The van der Waals surface area contributed by atoms with Gasteiger partial charge < -0.3 is 14.6 Å². The summed E-state index contributed by atoms with van der Waals surface area (Å²) in [4.78, 5) is 10.4. The Kier molecular flexibility index (Phi) is 6.06. The van der Waals surface area contributed by atoms with E-state index in [1.54, 1.807) is 13.0 Å². The molecule has 0 aromatic heterocycles. The lowest BCUT2D eigenvalue weighted by Crippen LogP contribution is -2.15. The second-order valence-corrected chi connectivity index (χ2v) is 7.17. The van der Waals surface area contributed by atoms with Gasteiger partial charge in [0.1, 0.15) is 10.7 Å². The molecule has 0 aliphatic heterocycles. The Balaban J connectivity index is 2.59. The van der Waals surface area contributed by atoms with Crippen LogP contribution in [0.25, 0.3) is 6.08 Å². The largest absolute Gasteiger partial charge is 0.493 e. The molecule has 7 nitrogen and oxygen atoms in total.